The van der Waals surface area contributed by atoms with E-state index in [0.29, 0.717) is 12.8 Å². The molecule has 0 aromatic carbocycles. The molecule has 5 nitrogen and oxygen atoms in total. The van der Waals surface area contributed by atoms with Gasteiger partial charge in [0.2, 0.25) is 17.7 Å². The molecule has 2 aliphatic rings. The number of hydrogen-bond acceptors (Lipinski definition) is 3. The molecule has 1 aliphatic carbocycles. The fourth-order valence-corrected chi connectivity index (χ4v) is 2.70. The molecule has 19 heavy (non-hydrogen) atoms. The fraction of sp³-hybridized carbons (Fsp3) is 0.643. The zero-order chi connectivity index (χ0) is 14.0. The maximum absolute atomic E-state index is 12.1. The summed E-state index contributed by atoms with van der Waals surface area (Å²) in [6.07, 6.45) is 5.39. The largest absolute Gasteiger partial charge is 0.354 e. The van der Waals surface area contributed by atoms with Crippen LogP contribution in [0, 0.1) is 11.8 Å². The first-order valence-corrected chi connectivity index (χ1v) is 6.80. The van der Waals surface area contributed by atoms with Crippen molar-refractivity contribution in [3.63, 3.8) is 0 Å². The van der Waals surface area contributed by atoms with E-state index < -0.39 is 0 Å². The number of carbonyl (C=O) groups excluding carboxylic acids is 3. The third-order valence-corrected chi connectivity index (χ3v) is 3.61. The van der Waals surface area contributed by atoms with Gasteiger partial charge in [0.1, 0.15) is 0 Å². The summed E-state index contributed by atoms with van der Waals surface area (Å²) in [4.78, 5) is 37.1. The number of hydrogen-bond donors (Lipinski definition) is 1. The first-order chi connectivity index (χ1) is 9.00. The van der Waals surface area contributed by atoms with Gasteiger partial charge in [0.25, 0.3) is 0 Å². The molecule has 0 spiro atoms. The second-order valence-corrected chi connectivity index (χ2v) is 5.46. The lowest BCUT2D eigenvalue weighted by atomic mass is 9.85. The molecule has 0 radical (unpaired) electrons. The van der Waals surface area contributed by atoms with Gasteiger partial charge in [-0.25, -0.2) is 0 Å². The average molecular weight is 264 g/mol. The van der Waals surface area contributed by atoms with Gasteiger partial charge in [-0.05, 0) is 26.7 Å². The highest BCUT2D eigenvalue weighted by atomic mass is 16.2. The van der Waals surface area contributed by atoms with Crippen molar-refractivity contribution in [2.75, 3.05) is 6.54 Å². The van der Waals surface area contributed by atoms with Crippen LogP contribution < -0.4 is 5.32 Å². The number of amides is 3. The van der Waals surface area contributed by atoms with Crippen LogP contribution in [-0.2, 0) is 14.4 Å². The van der Waals surface area contributed by atoms with Crippen LogP contribution in [0.1, 0.15) is 33.1 Å². The molecule has 1 N–H and O–H groups in total. The maximum atomic E-state index is 12.1. The third-order valence-electron chi connectivity index (χ3n) is 3.61. The number of likely N-dealkylation sites (tertiary alicyclic amines) is 1. The number of allylic oxidation sites excluding steroid dienone is 2. The molecule has 0 aromatic rings. The van der Waals surface area contributed by atoms with E-state index in [1.54, 1.807) is 0 Å². The van der Waals surface area contributed by atoms with Gasteiger partial charge in [0.15, 0.2) is 0 Å². The van der Waals surface area contributed by atoms with Gasteiger partial charge in [0, 0.05) is 19.0 Å². The number of nitrogens with zero attached hydrogens (tertiary/aromatic N) is 1. The number of fused-ring (bicyclic) bond motifs is 1. The maximum Gasteiger partial charge on any atom is 0.233 e. The van der Waals surface area contributed by atoms with Crippen LogP contribution in [0.4, 0.5) is 0 Å². The molecule has 1 heterocycles. The minimum absolute atomic E-state index is 0.0734. The Morgan fingerprint density at radius 1 is 1.26 bits per heavy atom. The van der Waals surface area contributed by atoms with Crippen LogP contribution in [0.3, 0.4) is 0 Å². The minimum atomic E-state index is -0.203. The third kappa shape index (κ3) is 2.85. The summed E-state index contributed by atoms with van der Waals surface area (Å²) in [5.74, 6) is -0.756. The number of rotatable bonds is 4. The van der Waals surface area contributed by atoms with E-state index in [1.807, 2.05) is 26.0 Å². The summed E-state index contributed by atoms with van der Waals surface area (Å²) in [6.45, 7) is 3.96. The molecule has 1 saturated heterocycles. The highest BCUT2D eigenvalue weighted by Gasteiger charge is 2.46. The molecule has 1 aliphatic heterocycles. The van der Waals surface area contributed by atoms with Crippen molar-refractivity contribution in [1.29, 1.82) is 0 Å². The summed E-state index contributed by atoms with van der Waals surface area (Å²) >= 11 is 0. The molecule has 104 valence electrons. The van der Waals surface area contributed by atoms with Gasteiger partial charge in [-0.15, -0.1) is 0 Å². The van der Waals surface area contributed by atoms with Crippen LogP contribution in [0.15, 0.2) is 12.2 Å². The second-order valence-electron chi connectivity index (χ2n) is 5.46. The lowest BCUT2D eigenvalue weighted by molar-refractivity contribution is -0.140. The smallest absolute Gasteiger partial charge is 0.233 e. The Hall–Kier alpha value is -1.65. The van der Waals surface area contributed by atoms with Gasteiger partial charge in [0.05, 0.1) is 11.8 Å². The zero-order valence-electron chi connectivity index (χ0n) is 11.4. The van der Waals surface area contributed by atoms with Gasteiger partial charge < -0.3 is 5.32 Å². The molecule has 2 unspecified atom stereocenters. The van der Waals surface area contributed by atoms with Crippen molar-refractivity contribution in [2.24, 2.45) is 11.8 Å². The number of nitrogens with one attached hydrogen (secondary N) is 1. The fourth-order valence-electron chi connectivity index (χ4n) is 2.70. The first kappa shape index (κ1) is 13.8. The van der Waals surface area contributed by atoms with Crippen molar-refractivity contribution >= 4 is 17.7 Å². The molecule has 2 atom stereocenters. The standard InChI is InChI=1S/C14H20N2O3/c1-9(2)15-12(17)7-8-16-13(18)10-5-3-4-6-11(10)14(16)19/h3-4,9-11H,5-8H2,1-2H3,(H,15,17). The summed E-state index contributed by atoms with van der Waals surface area (Å²) in [5, 5.41) is 2.76. The van der Waals surface area contributed by atoms with Crippen LogP contribution in [-0.4, -0.2) is 35.2 Å². The first-order valence-electron chi connectivity index (χ1n) is 6.80. The molecule has 0 bridgehead atoms. The summed E-state index contributed by atoms with van der Waals surface area (Å²) in [5.41, 5.74) is 0. The van der Waals surface area contributed by atoms with Crippen LogP contribution in [0.2, 0.25) is 0 Å². The molecule has 3 amide bonds. The average Bonchev–Trinajstić information content (AvgIpc) is 2.60. The van der Waals surface area contributed by atoms with Gasteiger partial charge in [-0.1, -0.05) is 12.2 Å². The lowest BCUT2D eigenvalue weighted by Gasteiger charge is -2.15. The van der Waals surface area contributed by atoms with Crippen molar-refractivity contribution < 1.29 is 14.4 Å². The molecule has 5 heteroatoms. The van der Waals surface area contributed by atoms with E-state index in [0.717, 1.165) is 0 Å². The van der Waals surface area contributed by atoms with Crippen molar-refractivity contribution in [2.45, 2.75) is 39.2 Å². The van der Waals surface area contributed by atoms with Gasteiger partial charge in [-0.2, -0.15) is 0 Å². The minimum Gasteiger partial charge on any atom is -0.354 e. The van der Waals surface area contributed by atoms with E-state index in [4.69, 9.17) is 0 Å². The topological polar surface area (TPSA) is 66.5 Å². The summed E-state index contributed by atoms with van der Waals surface area (Å²) in [6, 6.07) is 0.0734. The van der Waals surface area contributed by atoms with E-state index in [2.05, 4.69) is 5.32 Å². The summed E-state index contributed by atoms with van der Waals surface area (Å²) in [7, 11) is 0. The van der Waals surface area contributed by atoms with E-state index in [1.165, 1.54) is 4.90 Å². The highest BCUT2D eigenvalue weighted by molar-refractivity contribution is 6.05. The van der Waals surface area contributed by atoms with E-state index in [-0.39, 0.29) is 48.6 Å². The Morgan fingerprint density at radius 3 is 2.26 bits per heavy atom. The Balaban J connectivity index is 1.93. The summed E-state index contributed by atoms with van der Waals surface area (Å²) < 4.78 is 0. The van der Waals surface area contributed by atoms with Crippen molar-refractivity contribution in [1.82, 2.24) is 10.2 Å². The molecule has 1 fully saturated rings. The van der Waals surface area contributed by atoms with Crippen LogP contribution in [0.25, 0.3) is 0 Å². The van der Waals surface area contributed by atoms with E-state index in [9.17, 15) is 14.4 Å². The zero-order valence-corrected chi connectivity index (χ0v) is 11.4. The molecule has 0 aromatic heterocycles. The normalized spacial score (nSPS) is 25.9. The predicted octanol–water partition coefficient (Wildman–Crippen LogP) is 0.852. The van der Waals surface area contributed by atoms with Crippen LogP contribution >= 0.6 is 0 Å². The molecule has 2 rings (SSSR count). The molecular weight excluding hydrogens is 244 g/mol. The SMILES string of the molecule is CC(C)NC(=O)CCN1C(=O)C2CC=CCC2C1=O. The van der Waals surface area contributed by atoms with Crippen molar-refractivity contribution in [3.8, 4) is 0 Å². The second kappa shape index (κ2) is 5.55. The van der Waals surface area contributed by atoms with Crippen molar-refractivity contribution in [3.05, 3.63) is 12.2 Å². The Labute approximate surface area is 113 Å². The van der Waals surface area contributed by atoms with Crippen LogP contribution in [0.5, 0.6) is 0 Å². The Bertz CT molecular complexity index is 402. The quantitative estimate of drug-likeness (QED) is 0.605. The lowest BCUT2D eigenvalue weighted by Crippen LogP contribution is -2.37. The monoisotopic (exact) mass is 264 g/mol. The number of carbonyl (C=O) groups is 3. The molecule has 0 saturated carbocycles. The van der Waals surface area contributed by atoms with Gasteiger partial charge >= 0.3 is 0 Å². The number of imide groups is 1. The predicted molar refractivity (Wildman–Crippen MR) is 70.0 cm³/mol. The van der Waals surface area contributed by atoms with E-state index >= 15 is 0 Å². The highest BCUT2D eigenvalue weighted by Crippen LogP contribution is 2.34. The molecular formula is C14H20N2O3. The Kier molecular flexibility index (Phi) is 4.02. The van der Waals surface area contributed by atoms with Gasteiger partial charge in [-0.3, -0.25) is 19.3 Å². The Morgan fingerprint density at radius 2 is 1.79 bits per heavy atom.